The Labute approximate surface area is 124 Å². The summed E-state index contributed by atoms with van der Waals surface area (Å²) in [5.41, 5.74) is 0.630. The molecule has 0 aromatic rings. The number of hydrogen-bond acceptors (Lipinski definition) is 2. The summed E-state index contributed by atoms with van der Waals surface area (Å²) in [6.07, 6.45) is 12.0. The Morgan fingerprint density at radius 3 is 1.70 bits per heavy atom. The minimum absolute atomic E-state index is 0.630. The number of hydrogen-bond donors (Lipinski definition) is 1. The van der Waals surface area contributed by atoms with Gasteiger partial charge in [0.2, 0.25) is 0 Å². The molecule has 1 saturated heterocycles. The Kier molecular flexibility index (Phi) is 3.38. The fourth-order valence-electron chi connectivity index (χ4n) is 6.39. The van der Waals surface area contributed by atoms with Crippen molar-refractivity contribution in [2.45, 2.75) is 82.8 Å². The summed E-state index contributed by atoms with van der Waals surface area (Å²) in [4.78, 5) is 2.96. The van der Waals surface area contributed by atoms with Crippen LogP contribution in [0, 0.1) is 17.8 Å². The van der Waals surface area contributed by atoms with Crippen molar-refractivity contribution in [3.05, 3.63) is 0 Å². The van der Waals surface area contributed by atoms with E-state index in [4.69, 9.17) is 0 Å². The van der Waals surface area contributed by atoms with Crippen LogP contribution >= 0.6 is 0 Å². The lowest BCUT2D eigenvalue weighted by Crippen LogP contribution is -2.61. The van der Waals surface area contributed by atoms with Crippen LogP contribution in [0.5, 0.6) is 0 Å². The van der Waals surface area contributed by atoms with Crippen LogP contribution in [0.4, 0.5) is 0 Å². The first-order valence-corrected chi connectivity index (χ1v) is 9.14. The molecule has 4 bridgehead atoms. The Morgan fingerprint density at radius 1 is 0.800 bits per heavy atom. The molecule has 5 fully saturated rings. The summed E-state index contributed by atoms with van der Waals surface area (Å²) in [6, 6.07) is 1.39. The molecule has 0 spiro atoms. The second-order valence-corrected chi connectivity index (χ2v) is 8.68. The molecule has 2 heteroatoms. The number of rotatable bonds is 1. The fourth-order valence-corrected chi connectivity index (χ4v) is 6.39. The summed E-state index contributed by atoms with van der Waals surface area (Å²) in [7, 11) is 0. The molecule has 2 nitrogen and oxygen atoms in total. The Morgan fingerprint density at radius 2 is 1.25 bits per heavy atom. The summed E-state index contributed by atoms with van der Waals surface area (Å²) >= 11 is 0. The quantitative estimate of drug-likeness (QED) is 0.789. The van der Waals surface area contributed by atoms with E-state index in [2.05, 4.69) is 24.1 Å². The van der Waals surface area contributed by atoms with E-state index >= 15 is 0 Å². The zero-order chi connectivity index (χ0) is 13.7. The van der Waals surface area contributed by atoms with E-state index in [0.29, 0.717) is 17.6 Å². The van der Waals surface area contributed by atoms with Crippen LogP contribution in [0.15, 0.2) is 0 Å². The maximum atomic E-state index is 3.75. The van der Waals surface area contributed by atoms with E-state index < -0.39 is 0 Å². The minimum Gasteiger partial charge on any atom is -0.312 e. The van der Waals surface area contributed by atoms with Crippen molar-refractivity contribution in [3.8, 4) is 0 Å². The highest BCUT2D eigenvalue weighted by Gasteiger charge is 2.53. The molecule has 2 unspecified atom stereocenters. The molecule has 0 radical (unpaired) electrons. The Bertz CT molecular complexity index is 317. The molecule has 20 heavy (non-hydrogen) atoms. The molecule has 4 saturated carbocycles. The van der Waals surface area contributed by atoms with Crippen LogP contribution in [0.2, 0.25) is 0 Å². The van der Waals surface area contributed by atoms with E-state index in [1.165, 1.54) is 45.2 Å². The van der Waals surface area contributed by atoms with Gasteiger partial charge in [-0.1, -0.05) is 0 Å². The van der Waals surface area contributed by atoms with Gasteiger partial charge in [-0.3, -0.25) is 4.90 Å². The van der Waals surface area contributed by atoms with Crippen molar-refractivity contribution in [1.29, 1.82) is 0 Å². The van der Waals surface area contributed by atoms with Crippen molar-refractivity contribution in [2.75, 3.05) is 13.1 Å². The molecule has 4 aliphatic carbocycles. The van der Waals surface area contributed by atoms with Crippen LogP contribution < -0.4 is 5.32 Å². The zero-order valence-electron chi connectivity index (χ0n) is 13.4. The molecular formula is C18H32N2. The van der Waals surface area contributed by atoms with Gasteiger partial charge in [0.15, 0.2) is 0 Å². The lowest BCUT2D eigenvalue weighted by Gasteiger charge is -2.61. The molecule has 2 atom stereocenters. The van der Waals surface area contributed by atoms with Gasteiger partial charge in [-0.05, 0) is 83.0 Å². The van der Waals surface area contributed by atoms with Gasteiger partial charge >= 0.3 is 0 Å². The molecule has 114 valence electrons. The molecule has 1 heterocycles. The largest absolute Gasteiger partial charge is 0.312 e. The van der Waals surface area contributed by atoms with E-state index in [0.717, 1.165) is 17.8 Å². The Hall–Kier alpha value is -0.0800. The van der Waals surface area contributed by atoms with Gasteiger partial charge < -0.3 is 5.32 Å². The average Bonchev–Trinajstić information content (AvgIpc) is 2.34. The topological polar surface area (TPSA) is 15.3 Å². The highest BCUT2D eigenvalue weighted by molar-refractivity contribution is 5.07. The second kappa shape index (κ2) is 4.98. The Balaban J connectivity index is 1.53. The molecule has 0 aromatic heterocycles. The maximum Gasteiger partial charge on any atom is 0.0217 e. The van der Waals surface area contributed by atoms with Gasteiger partial charge in [-0.25, -0.2) is 0 Å². The summed E-state index contributed by atoms with van der Waals surface area (Å²) in [6.45, 7) is 7.43. The third kappa shape index (κ3) is 2.33. The van der Waals surface area contributed by atoms with Crippen molar-refractivity contribution in [3.63, 3.8) is 0 Å². The van der Waals surface area contributed by atoms with E-state index in [9.17, 15) is 0 Å². The molecule has 0 amide bonds. The monoisotopic (exact) mass is 276 g/mol. The summed E-state index contributed by atoms with van der Waals surface area (Å²) < 4.78 is 0. The van der Waals surface area contributed by atoms with Crippen LogP contribution in [-0.4, -0.2) is 35.6 Å². The van der Waals surface area contributed by atoms with Crippen LogP contribution in [0.1, 0.15) is 65.2 Å². The third-order valence-electron chi connectivity index (χ3n) is 6.91. The maximum absolute atomic E-state index is 3.75. The van der Waals surface area contributed by atoms with E-state index in [1.54, 1.807) is 19.3 Å². The lowest BCUT2D eigenvalue weighted by atomic mass is 9.52. The smallest absolute Gasteiger partial charge is 0.0217 e. The van der Waals surface area contributed by atoms with Gasteiger partial charge in [0.05, 0.1) is 0 Å². The van der Waals surface area contributed by atoms with Crippen LogP contribution in [-0.2, 0) is 0 Å². The van der Waals surface area contributed by atoms with Crippen molar-refractivity contribution in [2.24, 2.45) is 17.8 Å². The minimum atomic E-state index is 0.630. The summed E-state index contributed by atoms with van der Waals surface area (Å²) in [5.74, 6) is 3.25. The number of nitrogens with one attached hydrogen (secondary N) is 1. The first-order valence-electron chi connectivity index (χ1n) is 9.14. The molecule has 1 aliphatic heterocycles. The molecule has 5 rings (SSSR count). The van der Waals surface area contributed by atoms with Gasteiger partial charge in [0.1, 0.15) is 0 Å². The highest BCUT2D eigenvalue weighted by Crippen LogP contribution is 2.57. The van der Waals surface area contributed by atoms with Crippen molar-refractivity contribution >= 4 is 0 Å². The first-order chi connectivity index (χ1) is 9.63. The van der Waals surface area contributed by atoms with Crippen molar-refractivity contribution < 1.29 is 0 Å². The van der Waals surface area contributed by atoms with Crippen molar-refractivity contribution in [1.82, 2.24) is 10.2 Å². The molecule has 5 aliphatic rings. The highest BCUT2D eigenvalue weighted by atomic mass is 15.2. The van der Waals surface area contributed by atoms with Gasteiger partial charge in [-0.15, -0.1) is 0 Å². The van der Waals surface area contributed by atoms with Crippen LogP contribution in [0.25, 0.3) is 0 Å². The lowest BCUT2D eigenvalue weighted by molar-refractivity contribution is -0.0920. The first kappa shape index (κ1) is 13.6. The third-order valence-corrected chi connectivity index (χ3v) is 6.91. The standard InChI is InChI=1S/C18H32N2/c1-13-3-5-20(6-4-14(2)19-13)18-10-15-7-16(11-18)9-17(8-15)12-18/h13-17,19H,3-12H2,1-2H3. The molecular weight excluding hydrogens is 244 g/mol. The van der Waals surface area contributed by atoms with Gasteiger partial charge in [0, 0.05) is 30.7 Å². The van der Waals surface area contributed by atoms with Gasteiger partial charge in [0.25, 0.3) is 0 Å². The SMILES string of the molecule is CC1CCN(C23CC4CC(CC(C4)C2)C3)CCC(C)N1. The summed E-state index contributed by atoms with van der Waals surface area (Å²) in [5, 5.41) is 3.75. The van der Waals surface area contributed by atoms with E-state index in [-0.39, 0.29) is 0 Å². The fraction of sp³-hybridized carbons (Fsp3) is 1.00. The number of nitrogens with zero attached hydrogens (tertiary/aromatic N) is 1. The van der Waals surface area contributed by atoms with Crippen LogP contribution in [0.3, 0.4) is 0 Å². The van der Waals surface area contributed by atoms with E-state index in [1.807, 2.05) is 0 Å². The molecule has 0 aromatic carbocycles. The molecule has 1 N–H and O–H groups in total. The van der Waals surface area contributed by atoms with Gasteiger partial charge in [-0.2, -0.15) is 0 Å². The predicted molar refractivity (Wildman–Crippen MR) is 83.8 cm³/mol. The second-order valence-electron chi connectivity index (χ2n) is 8.68. The zero-order valence-corrected chi connectivity index (χ0v) is 13.4. The predicted octanol–water partition coefficient (Wildman–Crippen LogP) is 3.42. The normalized spacial score (nSPS) is 52.8. The average molecular weight is 276 g/mol.